The monoisotopic (exact) mass is 451 g/mol. The second-order valence-corrected chi connectivity index (χ2v) is 8.09. The Balaban J connectivity index is 1.61. The molecular weight excluding hydrogens is 425 g/mol. The van der Waals surface area contributed by atoms with Gasteiger partial charge in [0, 0.05) is 0 Å². The Kier molecular flexibility index (Phi) is 6.15. The van der Waals surface area contributed by atoms with Gasteiger partial charge in [-0.25, -0.2) is 19.3 Å². The van der Waals surface area contributed by atoms with Crippen LogP contribution in [0.5, 0.6) is 11.5 Å². The van der Waals surface area contributed by atoms with Gasteiger partial charge in [-0.2, -0.15) is 0 Å². The van der Waals surface area contributed by atoms with Crippen molar-refractivity contribution < 1.29 is 18.6 Å². The molecule has 0 aliphatic carbocycles. The fourth-order valence-electron chi connectivity index (χ4n) is 3.42. The second-order valence-electron chi connectivity index (χ2n) is 8.09. The minimum absolute atomic E-state index is 0.286. The molecule has 9 heteroatoms. The molecule has 172 valence electrons. The van der Waals surface area contributed by atoms with Gasteiger partial charge in [-0.3, -0.25) is 0 Å². The molecule has 8 nitrogen and oxygen atoms in total. The number of methoxy groups -OCH3 is 2. The molecule has 0 spiro atoms. The summed E-state index contributed by atoms with van der Waals surface area (Å²) in [7, 11) is 3.20. The Hall–Kier alpha value is -3.72. The second kappa shape index (κ2) is 9.03. The Bertz CT molecular complexity index is 1220. The summed E-state index contributed by atoms with van der Waals surface area (Å²) in [6.07, 6.45) is 1.64. The number of halogens is 1. The van der Waals surface area contributed by atoms with Crippen LogP contribution in [0.3, 0.4) is 0 Å². The standard InChI is InChI=1S/C24H26FN5O3/c1-24(2,33-13-15-5-8-17(25)9-6-15)23-28-20-21(26)27-14-30(22(20)29-23)12-16-7-10-18(31-3)19(11-16)32-4/h5-11,14H,12-13,26H2,1-4H3. The van der Waals surface area contributed by atoms with E-state index in [2.05, 4.69) is 9.97 Å². The third-order valence-corrected chi connectivity index (χ3v) is 5.34. The predicted octanol–water partition coefficient (Wildman–Crippen LogP) is 4.02. The highest BCUT2D eigenvalue weighted by atomic mass is 19.1. The van der Waals surface area contributed by atoms with Crippen LogP contribution >= 0.6 is 0 Å². The molecule has 0 radical (unpaired) electrons. The number of aromatic nitrogens is 4. The minimum atomic E-state index is -0.805. The number of hydrogen-bond donors (Lipinski definition) is 1. The molecule has 0 aromatic heterocycles. The van der Waals surface area contributed by atoms with Gasteiger partial charge in [0.1, 0.15) is 11.4 Å². The van der Waals surface area contributed by atoms with Crippen molar-refractivity contribution in [2.45, 2.75) is 32.6 Å². The predicted molar refractivity (Wildman–Crippen MR) is 122 cm³/mol. The Morgan fingerprint density at radius 3 is 2.36 bits per heavy atom. The van der Waals surface area contributed by atoms with Gasteiger partial charge in [-0.05, 0) is 49.2 Å². The number of hydrogen-bond acceptors (Lipinski definition) is 7. The first kappa shape index (κ1) is 22.5. The SMILES string of the molecule is COc1ccc(Cn2cnc(N)c3nc(C(C)(C)OCc4ccc(F)cc4)nc2-3)cc1OC. The van der Waals surface area contributed by atoms with Crippen LogP contribution in [0, 0.1) is 5.82 Å². The van der Waals surface area contributed by atoms with Crippen molar-refractivity contribution >= 4 is 5.82 Å². The summed E-state index contributed by atoms with van der Waals surface area (Å²) in [5.74, 6) is 2.39. The number of fused-ring (bicyclic) bond motifs is 1. The summed E-state index contributed by atoms with van der Waals surface area (Å²) in [5.41, 5.74) is 7.63. The van der Waals surface area contributed by atoms with Crippen molar-refractivity contribution in [1.29, 1.82) is 0 Å². The van der Waals surface area contributed by atoms with Crippen molar-refractivity contribution in [2.24, 2.45) is 0 Å². The molecule has 0 bridgehead atoms. The van der Waals surface area contributed by atoms with Gasteiger partial charge in [0.2, 0.25) is 0 Å². The zero-order valence-corrected chi connectivity index (χ0v) is 19.0. The van der Waals surface area contributed by atoms with Crippen molar-refractivity contribution in [3.05, 3.63) is 71.6 Å². The number of benzene rings is 2. The number of anilines is 1. The van der Waals surface area contributed by atoms with Gasteiger partial charge in [-0.1, -0.05) is 18.2 Å². The topological polar surface area (TPSA) is 97.3 Å². The van der Waals surface area contributed by atoms with Crippen LogP contribution in [0.4, 0.5) is 10.2 Å². The maximum Gasteiger partial charge on any atom is 0.166 e. The van der Waals surface area contributed by atoms with Gasteiger partial charge < -0.3 is 24.5 Å². The molecule has 0 atom stereocenters. The van der Waals surface area contributed by atoms with Crippen LogP contribution in [0.1, 0.15) is 30.8 Å². The zero-order valence-electron chi connectivity index (χ0n) is 19.0. The van der Waals surface area contributed by atoms with E-state index in [0.717, 1.165) is 11.1 Å². The molecule has 2 aromatic rings. The Labute approximate surface area is 191 Å². The first-order valence-electron chi connectivity index (χ1n) is 10.4. The third-order valence-electron chi connectivity index (χ3n) is 5.34. The summed E-state index contributed by atoms with van der Waals surface area (Å²) in [4.78, 5) is 13.6. The number of imidazole rings is 1. The number of nitrogens with two attached hydrogens (primary N) is 1. The van der Waals surface area contributed by atoms with E-state index >= 15 is 0 Å². The Morgan fingerprint density at radius 2 is 1.67 bits per heavy atom. The molecule has 2 aliphatic rings. The number of ether oxygens (including phenoxy) is 3. The first-order chi connectivity index (χ1) is 15.8. The molecule has 2 aromatic carbocycles. The molecular formula is C24H26FN5O3. The molecule has 4 rings (SSSR count). The summed E-state index contributed by atoms with van der Waals surface area (Å²) < 4.78 is 31.8. The van der Waals surface area contributed by atoms with Gasteiger partial charge in [-0.15, -0.1) is 0 Å². The molecule has 2 aliphatic heterocycles. The maximum atomic E-state index is 13.2. The highest BCUT2D eigenvalue weighted by molar-refractivity contribution is 5.65. The van der Waals surface area contributed by atoms with Crippen LogP contribution in [0.2, 0.25) is 0 Å². The lowest BCUT2D eigenvalue weighted by molar-refractivity contribution is -0.0393. The lowest BCUT2D eigenvalue weighted by atomic mass is 10.1. The largest absolute Gasteiger partial charge is 0.493 e. The van der Waals surface area contributed by atoms with Crippen molar-refractivity contribution in [2.75, 3.05) is 20.0 Å². The van der Waals surface area contributed by atoms with Crippen molar-refractivity contribution in [3.8, 4) is 23.0 Å². The van der Waals surface area contributed by atoms with Crippen LogP contribution in [0.15, 0.2) is 48.8 Å². The van der Waals surface area contributed by atoms with Gasteiger partial charge >= 0.3 is 0 Å². The summed E-state index contributed by atoms with van der Waals surface area (Å²) in [5, 5.41) is 0. The highest BCUT2D eigenvalue weighted by Crippen LogP contribution is 2.32. The smallest absolute Gasteiger partial charge is 0.166 e. The van der Waals surface area contributed by atoms with E-state index in [1.165, 1.54) is 12.1 Å². The van der Waals surface area contributed by atoms with Crippen molar-refractivity contribution in [1.82, 2.24) is 19.5 Å². The minimum Gasteiger partial charge on any atom is -0.493 e. The maximum absolute atomic E-state index is 13.2. The normalized spacial score (nSPS) is 11.7. The average molecular weight is 452 g/mol. The summed E-state index contributed by atoms with van der Waals surface area (Å²) in [6, 6.07) is 11.9. The molecule has 0 fully saturated rings. The highest BCUT2D eigenvalue weighted by Gasteiger charge is 2.30. The van der Waals surface area contributed by atoms with Gasteiger partial charge in [0.05, 0.1) is 33.7 Å². The van der Waals surface area contributed by atoms with Crippen LogP contribution in [0.25, 0.3) is 11.5 Å². The van der Waals surface area contributed by atoms with Crippen LogP contribution in [-0.4, -0.2) is 33.7 Å². The van der Waals surface area contributed by atoms with Crippen LogP contribution in [-0.2, 0) is 23.5 Å². The molecule has 0 amide bonds. The van der Waals surface area contributed by atoms with Gasteiger partial charge in [0.15, 0.2) is 34.7 Å². The van der Waals surface area contributed by atoms with E-state index in [-0.39, 0.29) is 12.4 Å². The fourth-order valence-corrected chi connectivity index (χ4v) is 3.42. The molecule has 0 saturated carbocycles. The van der Waals surface area contributed by atoms with E-state index in [0.29, 0.717) is 41.2 Å². The van der Waals surface area contributed by atoms with E-state index in [4.69, 9.17) is 24.9 Å². The number of rotatable bonds is 8. The van der Waals surface area contributed by atoms with E-state index in [1.807, 2.05) is 36.6 Å². The summed E-state index contributed by atoms with van der Waals surface area (Å²) >= 11 is 0. The molecule has 0 saturated heterocycles. The molecule has 33 heavy (non-hydrogen) atoms. The fraction of sp³-hybridized carbons (Fsp3) is 0.292. The number of nitrogen functional groups attached to an aromatic ring is 1. The van der Waals surface area contributed by atoms with E-state index in [1.54, 1.807) is 32.7 Å². The van der Waals surface area contributed by atoms with E-state index < -0.39 is 5.60 Å². The van der Waals surface area contributed by atoms with Crippen LogP contribution < -0.4 is 15.2 Å². The zero-order chi connectivity index (χ0) is 23.6. The Morgan fingerprint density at radius 1 is 0.970 bits per heavy atom. The quantitative estimate of drug-likeness (QED) is 0.432. The van der Waals surface area contributed by atoms with E-state index in [9.17, 15) is 4.39 Å². The third kappa shape index (κ3) is 4.73. The number of nitrogens with zero attached hydrogens (tertiary/aromatic N) is 4. The van der Waals surface area contributed by atoms with Crippen molar-refractivity contribution in [3.63, 3.8) is 0 Å². The first-order valence-corrected chi connectivity index (χ1v) is 10.4. The lowest BCUT2D eigenvalue weighted by Gasteiger charge is -2.22. The lowest BCUT2D eigenvalue weighted by Crippen LogP contribution is -2.23. The summed E-state index contributed by atoms with van der Waals surface area (Å²) in [6.45, 7) is 4.54. The molecule has 0 unspecified atom stereocenters. The average Bonchev–Trinajstić information content (AvgIpc) is 3.28. The molecule has 2 heterocycles. The molecule has 2 N–H and O–H groups in total. The van der Waals surface area contributed by atoms with Gasteiger partial charge in [0.25, 0.3) is 0 Å².